The Labute approximate surface area is 89.1 Å². The van der Waals surface area contributed by atoms with Crippen molar-refractivity contribution in [2.45, 2.75) is 18.9 Å². The minimum atomic E-state index is -0.0498. The average molecular weight is 205 g/mol. The fraction of sp³-hybridized carbons (Fsp3) is 0.417. The van der Waals surface area contributed by atoms with Gasteiger partial charge in [-0.3, -0.25) is 4.79 Å². The molecule has 1 saturated heterocycles. The molecular weight excluding hydrogens is 190 g/mol. The summed E-state index contributed by atoms with van der Waals surface area (Å²) >= 11 is 0. The van der Waals surface area contributed by atoms with Gasteiger partial charge in [-0.2, -0.15) is 0 Å². The van der Waals surface area contributed by atoms with Gasteiger partial charge in [0.15, 0.2) is 0 Å². The molecule has 0 saturated carbocycles. The van der Waals surface area contributed by atoms with Gasteiger partial charge in [0.2, 0.25) is 5.91 Å². The van der Waals surface area contributed by atoms with Gasteiger partial charge >= 0.3 is 0 Å². The van der Waals surface area contributed by atoms with E-state index in [9.17, 15) is 4.79 Å². The third-order valence-electron chi connectivity index (χ3n) is 2.83. The molecule has 1 fully saturated rings. The second kappa shape index (κ2) is 4.45. The number of rotatable bonds is 3. The van der Waals surface area contributed by atoms with E-state index in [0.29, 0.717) is 0 Å². The summed E-state index contributed by atoms with van der Waals surface area (Å²) < 4.78 is 0. The second-order valence-electron chi connectivity index (χ2n) is 4.01. The zero-order valence-electron chi connectivity index (χ0n) is 8.52. The Bertz CT molecular complexity index is 337. The maximum Gasteiger partial charge on any atom is 0.223 e. The Morgan fingerprint density at radius 2 is 2.07 bits per heavy atom. The normalized spacial score (nSPS) is 25.3. The van der Waals surface area contributed by atoms with Crippen LogP contribution in [0.5, 0.6) is 0 Å². The number of carbonyl (C=O) groups is 1. The van der Waals surface area contributed by atoms with Crippen LogP contribution in [0.3, 0.4) is 0 Å². The second-order valence-corrected chi connectivity index (χ2v) is 4.01. The molecule has 1 heterocycles. The molecule has 3 heteroatoms. The molecule has 2 rings (SSSR count). The molecule has 0 aliphatic carbocycles. The molecule has 0 radical (unpaired) electrons. The lowest BCUT2D eigenvalue weighted by atomic mass is 9.96. The topological polar surface area (TPSA) is 49.3 Å². The predicted molar refractivity (Wildman–Crippen MR) is 57.3 cm³/mol. The Hall–Kier alpha value is -1.35. The zero-order valence-corrected chi connectivity index (χ0v) is 8.52. The first-order valence-electron chi connectivity index (χ1n) is 5.24. The minimum Gasteiger partial charge on any atom is -0.394 e. The number of hydrogen-bond acceptors (Lipinski definition) is 2. The molecule has 0 unspecified atom stereocenters. The van der Waals surface area contributed by atoms with Crippen molar-refractivity contribution in [3.05, 3.63) is 35.9 Å². The van der Waals surface area contributed by atoms with Gasteiger partial charge in [0.1, 0.15) is 0 Å². The number of carbonyl (C=O) groups excluding carboxylic acids is 1. The van der Waals surface area contributed by atoms with E-state index in [2.05, 4.69) is 5.32 Å². The molecule has 2 atom stereocenters. The first-order valence-corrected chi connectivity index (χ1v) is 5.24. The van der Waals surface area contributed by atoms with E-state index in [1.165, 1.54) is 5.56 Å². The predicted octanol–water partition coefficient (Wildman–Crippen LogP) is 0.726. The van der Waals surface area contributed by atoms with E-state index in [1.807, 2.05) is 30.3 Å². The number of amides is 1. The van der Waals surface area contributed by atoms with Gasteiger partial charge in [0, 0.05) is 5.92 Å². The maximum absolute atomic E-state index is 11.5. The lowest BCUT2D eigenvalue weighted by Crippen LogP contribution is -2.29. The highest BCUT2D eigenvalue weighted by Crippen LogP contribution is 2.19. The van der Waals surface area contributed by atoms with E-state index in [4.69, 9.17) is 5.11 Å². The number of aliphatic hydroxyl groups excluding tert-OH is 1. The van der Waals surface area contributed by atoms with Crippen molar-refractivity contribution in [1.82, 2.24) is 5.32 Å². The minimum absolute atomic E-state index is 0.0181. The van der Waals surface area contributed by atoms with Crippen LogP contribution < -0.4 is 5.32 Å². The fourth-order valence-electron chi connectivity index (χ4n) is 2.02. The van der Waals surface area contributed by atoms with E-state index in [1.54, 1.807) is 0 Å². The van der Waals surface area contributed by atoms with Gasteiger partial charge in [-0.15, -0.1) is 0 Å². The van der Waals surface area contributed by atoms with Gasteiger partial charge in [0.25, 0.3) is 0 Å². The molecule has 1 aromatic rings. The van der Waals surface area contributed by atoms with Crippen LogP contribution in [0.1, 0.15) is 12.0 Å². The van der Waals surface area contributed by atoms with Crippen molar-refractivity contribution in [2.75, 3.05) is 6.61 Å². The number of nitrogens with one attached hydrogen (secondary N) is 1. The van der Waals surface area contributed by atoms with Crippen LogP contribution in [0.25, 0.3) is 0 Å². The summed E-state index contributed by atoms with van der Waals surface area (Å²) in [6.45, 7) is 0.0387. The zero-order chi connectivity index (χ0) is 10.7. The number of benzene rings is 1. The van der Waals surface area contributed by atoms with Crippen LogP contribution in [0, 0.1) is 5.92 Å². The molecule has 2 N–H and O–H groups in total. The molecule has 15 heavy (non-hydrogen) atoms. The third kappa shape index (κ3) is 2.36. The summed E-state index contributed by atoms with van der Waals surface area (Å²) in [6, 6.07) is 9.93. The van der Waals surface area contributed by atoms with Gasteiger partial charge in [0.05, 0.1) is 12.6 Å². The van der Waals surface area contributed by atoms with Crippen LogP contribution in [-0.4, -0.2) is 23.7 Å². The maximum atomic E-state index is 11.5. The van der Waals surface area contributed by atoms with Crippen molar-refractivity contribution in [2.24, 2.45) is 5.92 Å². The van der Waals surface area contributed by atoms with E-state index in [-0.39, 0.29) is 24.5 Å². The van der Waals surface area contributed by atoms with Crippen LogP contribution in [0.15, 0.2) is 30.3 Å². The number of aliphatic hydroxyl groups is 1. The van der Waals surface area contributed by atoms with E-state index < -0.39 is 0 Å². The SMILES string of the molecule is O=C1N[C@@H](CO)C[C@@H]1Cc1ccccc1. The molecule has 3 nitrogen and oxygen atoms in total. The van der Waals surface area contributed by atoms with Gasteiger partial charge in [-0.25, -0.2) is 0 Å². The highest BCUT2D eigenvalue weighted by molar-refractivity contribution is 5.81. The lowest BCUT2D eigenvalue weighted by molar-refractivity contribution is -0.122. The fourth-order valence-corrected chi connectivity index (χ4v) is 2.02. The van der Waals surface area contributed by atoms with Crippen LogP contribution in [0.4, 0.5) is 0 Å². The molecule has 1 aliphatic rings. The standard InChI is InChI=1S/C12H15NO2/c14-8-11-7-10(12(15)13-11)6-9-4-2-1-3-5-9/h1-5,10-11,14H,6-8H2,(H,13,15)/t10-,11+/m0/s1. The molecule has 1 aromatic carbocycles. The summed E-state index contributed by atoms with van der Waals surface area (Å²) in [6.07, 6.45) is 1.51. The van der Waals surface area contributed by atoms with Crippen molar-refractivity contribution >= 4 is 5.91 Å². The monoisotopic (exact) mass is 205 g/mol. The summed E-state index contributed by atoms with van der Waals surface area (Å²) in [5.41, 5.74) is 1.18. The first kappa shape index (κ1) is 10.2. The van der Waals surface area contributed by atoms with Crippen molar-refractivity contribution < 1.29 is 9.90 Å². The summed E-state index contributed by atoms with van der Waals surface area (Å²) in [5, 5.41) is 11.7. The van der Waals surface area contributed by atoms with Crippen LogP contribution in [0.2, 0.25) is 0 Å². The Kier molecular flexibility index (Phi) is 3.02. The molecule has 0 aromatic heterocycles. The summed E-state index contributed by atoms with van der Waals surface area (Å²) in [4.78, 5) is 11.5. The lowest BCUT2D eigenvalue weighted by Gasteiger charge is -2.06. The summed E-state index contributed by atoms with van der Waals surface area (Å²) in [5.74, 6) is 0.0856. The highest BCUT2D eigenvalue weighted by Gasteiger charge is 2.31. The van der Waals surface area contributed by atoms with Gasteiger partial charge < -0.3 is 10.4 Å². The van der Waals surface area contributed by atoms with Crippen LogP contribution >= 0.6 is 0 Å². The Morgan fingerprint density at radius 3 is 2.67 bits per heavy atom. The third-order valence-corrected chi connectivity index (χ3v) is 2.83. The molecule has 80 valence electrons. The van der Waals surface area contributed by atoms with Crippen molar-refractivity contribution in [3.8, 4) is 0 Å². The Morgan fingerprint density at radius 1 is 1.33 bits per heavy atom. The summed E-state index contributed by atoms with van der Waals surface area (Å²) in [7, 11) is 0. The highest BCUT2D eigenvalue weighted by atomic mass is 16.3. The largest absolute Gasteiger partial charge is 0.394 e. The first-order chi connectivity index (χ1) is 7.29. The smallest absolute Gasteiger partial charge is 0.223 e. The van der Waals surface area contributed by atoms with Gasteiger partial charge in [-0.05, 0) is 18.4 Å². The van der Waals surface area contributed by atoms with E-state index in [0.717, 1.165) is 12.8 Å². The van der Waals surface area contributed by atoms with E-state index >= 15 is 0 Å². The molecule has 0 spiro atoms. The molecule has 0 bridgehead atoms. The van der Waals surface area contributed by atoms with Crippen LogP contribution in [-0.2, 0) is 11.2 Å². The van der Waals surface area contributed by atoms with Gasteiger partial charge in [-0.1, -0.05) is 30.3 Å². The van der Waals surface area contributed by atoms with Crippen molar-refractivity contribution in [1.29, 1.82) is 0 Å². The molecule has 1 aliphatic heterocycles. The molecular formula is C12H15NO2. The Balaban J connectivity index is 1.99. The number of hydrogen-bond donors (Lipinski definition) is 2. The van der Waals surface area contributed by atoms with Crippen molar-refractivity contribution in [3.63, 3.8) is 0 Å². The quantitative estimate of drug-likeness (QED) is 0.764. The average Bonchev–Trinajstić information content (AvgIpc) is 2.61. The molecule has 1 amide bonds.